The van der Waals surface area contributed by atoms with Gasteiger partial charge in [-0.2, -0.15) is 5.10 Å². The molecule has 19 heavy (non-hydrogen) atoms. The zero-order valence-corrected chi connectivity index (χ0v) is 13.7. The van der Waals surface area contributed by atoms with Gasteiger partial charge in [0.1, 0.15) is 5.82 Å². The number of aromatic nitrogens is 3. The first-order valence-corrected chi connectivity index (χ1v) is 7.75. The maximum Gasteiger partial charge on any atom is 0.131 e. The Morgan fingerprint density at radius 3 is 2.68 bits per heavy atom. The molecular formula is C13H14Br2N4. The van der Waals surface area contributed by atoms with Gasteiger partial charge in [-0.1, -0.05) is 0 Å². The number of aryl methyl sites for hydroxylation is 1. The molecule has 0 saturated carbocycles. The Morgan fingerprint density at radius 1 is 1.26 bits per heavy atom. The van der Waals surface area contributed by atoms with Gasteiger partial charge in [0.25, 0.3) is 0 Å². The van der Waals surface area contributed by atoms with E-state index in [1.54, 1.807) is 0 Å². The standard InChI is InChI=1S/C13H14Br2N4/c1-9-2-11(14)3-16-13(9)18-5-10(6-18)7-19-8-12(15)4-17-19/h2-4,8,10H,5-7H2,1H3. The number of nitrogens with zero attached hydrogens (tertiary/aromatic N) is 4. The molecule has 2 aromatic rings. The van der Waals surface area contributed by atoms with Crippen molar-refractivity contribution in [2.24, 2.45) is 5.92 Å². The molecule has 0 aromatic carbocycles. The molecule has 0 amide bonds. The Balaban J connectivity index is 1.60. The number of hydrogen-bond acceptors (Lipinski definition) is 3. The van der Waals surface area contributed by atoms with E-state index in [1.807, 2.05) is 23.3 Å². The second kappa shape index (κ2) is 5.25. The van der Waals surface area contributed by atoms with Gasteiger partial charge in [0.2, 0.25) is 0 Å². The Morgan fingerprint density at radius 2 is 2.05 bits per heavy atom. The van der Waals surface area contributed by atoms with E-state index in [0.717, 1.165) is 34.4 Å². The fourth-order valence-corrected chi connectivity index (χ4v) is 3.20. The van der Waals surface area contributed by atoms with Crippen LogP contribution in [0.1, 0.15) is 5.56 Å². The predicted octanol–water partition coefficient (Wildman–Crippen LogP) is 3.25. The van der Waals surface area contributed by atoms with Crippen molar-refractivity contribution in [1.29, 1.82) is 0 Å². The molecule has 1 fully saturated rings. The van der Waals surface area contributed by atoms with Crippen LogP contribution in [0.4, 0.5) is 5.82 Å². The molecule has 1 aliphatic rings. The van der Waals surface area contributed by atoms with Crippen molar-refractivity contribution < 1.29 is 0 Å². The van der Waals surface area contributed by atoms with Gasteiger partial charge in [0.05, 0.1) is 10.7 Å². The molecule has 6 heteroatoms. The molecule has 2 aromatic heterocycles. The number of halogens is 2. The first-order chi connectivity index (χ1) is 9.11. The lowest BCUT2D eigenvalue weighted by molar-refractivity contribution is 0.340. The average Bonchev–Trinajstić information content (AvgIpc) is 2.70. The Hall–Kier alpha value is -0.880. The third-order valence-electron chi connectivity index (χ3n) is 3.32. The number of hydrogen-bond donors (Lipinski definition) is 0. The van der Waals surface area contributed by atoms with E-state index in [0.29, 0.717) is 5.92 Å². The van der Waals surface area contributed by atoms with Gasteiger partial charge in [-0.15, -0.1) is 0 Å². The maximum absolute atomic E-state index is 4.49. The highest BCUT2D eigenvalue weighted by atomic mass is 79.9. The summed E-state index contributed by atoms with van der Waals surface area (Å²) in [6, 6.07) is 2.11. The summed E-state index contributed by atoms with van der Waals surface area (Å²) in [7, 11) is 0. The van der Waals surface area contributed by atoms with Crippen molar-refractivity contribution in [3.05, 3.63) is 39.2 Å². The van der Waals surface area contributed by atoms with Crippen LogP contribution >= 0.6 is 31.9 Å². The van der Waals surface area contributed by atoms with Gasteiger partial charge in [-0.25, -0.2) is 4.98 Å². The van der Waals surface area contributed by atoms with E-state index in [2.05, 4.69) is 59.8 Å². The van der Waals surface area contributed by atoms with Crippen molar-refractivity contribution in [2.45, 2.75) is 13.5 Å². The third kappa shape index (κ3) is 2.84. The smallest absolute Gasteiger partial charge is 0.131 e. The highest BCUT2D eigenvalue weighted by Crippen LogP contribution is 2.28. The van der Waals surface area contributed by atoms with Crippen LogP contribution in [0, 0.1) is 12.8 Å². The van der Waals surface area contributed by atoms with Gasteiger partial charge < -0.3 is 4.90 Å². The highest BCUT2D eigenvalue weighted by molar-refractivity contribution is 9.10. The third-order valence-corrected chi connectivity index (χ3v) is 4.16. The van der Waals surface area contributed by atoms with Gasteiger partial charge in [-0.05, 0) is 50.4 Å². The molecule has 3 heterocycles. The first kappa shape index (κ1) is 13.1. The number of pyridine rings is 1. The Bertz CT molecular complexity index is 590. The molecule has 4 nitrogen and oxygen atoms in total. The van der Waals surface area contributed by atoms with Crippen LogP contribution in [0.3, 0.4) is 0 Å². The zero-order chi connectivity index (χ0) is 13.4. The monoisotopic (exact) mass is 384 g/mol. The molecule has 100 valence electrons. The molecule has 0 bridgehead atoms. The molecule has 1 aliphatic heterocycles. The molecule has 0 atom stereocenters. The van der Waals surface area contributed by atoms with E-state index >= 15 is 0 Å². The van der Waals surface area contributed by atoms with Crippen LogP contribution < -0.4 is 4.90 Å². The summed E-state index contributed by atoms with van der Waals surface area (Å²) in [6.45, 7) is 5.17. The van der Waals surface area contributed by atoms with Crippen LogP contribution in [0.2, 0.25) is 0 Å². The van der Waals surface area contributed by atoms with Crippen LogP contribution in [0.25, 0.3) is 0 Å². The Labute approximate surface area is 129 Å². The SMILES string of the molecule is Cc1cc(Br)cnc1N1CC(Cn2cc(Br)cn2)C1. The summed E-state index contributed by atoms with van der Waals surface area (Å²) >= 11 is 6.87. The molecule has 0 radical (unpaired) electrons. The summed E-state index contributed by atoms with van der Waals surface area (Å²) in [6.07, 6.45) is 5.71. The fourth-order valence-electron chi connectivity index (χ4n) is 2.43. The lowest BCUT2D eigenvalue weighted by Gasteiger charge is -2.40. The molecule has 0 spiro atoms. The van der Waals surface area contributed by atoms with Crippen LogP contribution in [-0.4, -0.2) is 27.9 Å². The second-order valence-electron chi connectivity index (χ2n) is 4.95. The maximum atomic E-state index is 4.49. The minimum absolute atomic E-state index is 0.650. The van der Waals surface area contributed by atoms with E-state index in [9.17, 15) is 0 Å². The quantitative estimate of drug-likeness (QED) is 0.813. The minimum Gasteiger partial charge on any atom is -0.356 e. The molecule has 0 unspecified atom stereocenters. The molecule has 0 aliphatic carbocycles. The predicted molar refractivity (Wildman–Crippen MR) is 82.3 cm³/mol. The molecule has 0 N–H and O–H groups in total. The molecular weight excluding hydrogens is 372 g/mol. The topological polar surface area (TPSA) is 34.0 Å². The van der Waals surface area contributed by atoms with Crippen LogP contribution in [0.5, 0.6) is 0 Å². The lowest BCUT2D eigenvalue weighted by atomic mass is 9.99. The van der Waals surface area contributed by atoms with E-state index in [-0.39, 0.29) is 0 Å². The van der Waals surface area contributed by atoms with E-state index in [1.165, 1.54) is 5.56 Å². The summed E-state index contributed by atoms with van der Waals surface area (Å²) in [5.74, 6) is 1.75. The fraction of sp³-hybridized carbons (Fsp3) is 0.385. The highest BCUT2D eigenvalue weighted by Gasteiger charge is 2.29. The summed E-state index contributed by atoms with van der Waals surface area (Å²) in [4.78, 5) is 6.82. The van der Waals surface area contributed by atoms with E-state index in [4.69, 9.17) is 0 Å². The summed E-state index contributed by atoms with van der Waals surface area (Å²) in [5, 5.41) is 4.29. The number of rotatable bonds is 3. The lowest BCUT2D eigenvalue weighted by Crippen LogP contribution is -2.49. The first-order valence-electron chi connectivity index (χ1n) is 6.17. The Kier molecular flexibility index (Phi) is 3.62. The van der Waals surface area contributed by atoms with Gasteiger partial charge >= 0.3 is 0 Å². The average molecular weight is 386 g/mol. The van der Waals surface area contributed by atoms with Crippen LogP contribution in [-0.2, 0) is 6.54 Å². The largest absolute Gasteiger partial charge is 0.356 e. The van der Waals surface area contributed by atoms with E-state index < -0.39 is 0 Å². The van der Waals surface area contributed by atoms with Crippen molar-refractivity contribution >= 4 is 37.7 Å². The molecule has 1 saturated heterocycles. The second-order valence-corrected chi connectivity index (χ2v) is 6.78. The minimum atomic E-state index is 0.650. The van der Waals surface area contributed by atoms with Crippen molar-refractivity contribution in [3.63, 3.8) is 0 Å². The normalized spacial score (nSPS) is 15.6. The van der Waals surface area contributed by atoms with Crippen molar-refractivity contribution in [1.82, 2.24) is 14.8 Å². The van der Waals surface area contributed by atoms with Crippen LogP contribution in [0.15, 0.2) is 33.6 Å². The number of anilines is 1. The van der Waals surface area contributed by atoms with Gasteiger partial charge in [0.15, 0.2) is 0 Å². The van der Waals surface area contributed by atoms with Crippen molar-refractivity contribution in [3.8, 4) is 0 Å². The summed E-state index contributed by atoms with van der Waals surface area (Å²) < 4.78 is 4.06. The van der Waals surface area contributed by atoms with Gasteiger partial charge in [-0.3, -0.25) is 4.68 Å². The van der Waals surface area contributed by atoms with Gasteiger partial charge in [0, 0.05) is 42.4 Å². The molecule has 3 rings (SSSR count). The summed E-state index contributed by atoms with van der Waals surface area (Å²) in [5.41, 5.74) is 1.22. The van der Waals surface area contributed by atoms with Crippen molar-refractivity contribution in [2.75, 3.05) is 18.0 Å². The zero-order valence-electron chi connectivity index (χ0n) is 10.6.